The molecule has 0 saturated carbocycles. The molecule has 152 valence electrons. The van der Waals surface area contributed by atoms with Gasteiger partial charge in [-0.3, -0.25) is 4.98 Å². The molecule has 0 unspecified atom stereocenters. The molecule has 4 heterocycles. The van der Waals surface area contributed by atoms with Crippen molar-refractivity contribution >= 4 is 11.5 Å². The molecule has 0 bridgehead atoms. The topological polar surface area (TPSA) is 77.7 Å². The molecule has 8 heteroatoms. The number of aromatic nitrogens is 5. The third-order valence-corrected chi connectivity index (χ3v) is 5.58. The van der Waals surface area contributed by atoms with E-state index in [0.29, 0.717) is 0 Å². The monoisotopic (exact) mass is 402 g/mol. The molecule has 0 radical (unpaired) electrons. The zero-order chi connectivity index (χ0) is 20.7. The van der Waals surface area contributed by atoms with Gasteiger partial charge in [-0.2, -0.15) is 4.52 Å². The summed E-state index contributed by atoms with van der Waals surface area (Å²) in [5.41, 5.74) is 5.27. The number of hydrogen-bond donors (Lipinski definition) is 0. The number of anilines is 1. The van der Waals surface area contributed by atoms with Crippen LogP contribution in [0, 0.1) is 13.8 Å². The Hall–Kier alpha value is -3.68. The smallest absolute Gasteiger partial charge is 0.180 e. The van der Waals surface area contributed by atoms with Crippen molar-refractivity contribution in [1.82, 2.24) is 24.8 Å². The molecule has 30 heavy (non-hydrogen) atoms. The fraction of sp³-hybridized carbons (Fsp3) is 0.273. The number of rotatable bonds is 4. The highest BCUT2D eigenvalue weighted by molar-refractivity contribution is 5.59. The number of methoxy groups -OCH3 is 1. The Kier molecular flexibility index (Phi) is 4.46. The maximum absolute atomic E-state index is 6.00. The predicted molar refractivity (Wildman–Crippen MR) is 112 cm³/mol. The normalized spacial score (nSPS) is 13.4. The van der Waals surface area contributed by atoms with Crippen LogP contribution in [0.4, 0.5) is 5.82 Å². The first-order valence-corrected chi connectivity index (χ1v) is 9.84. The van der Waals surface area contributed by atoms with Crippen LogP contribution in [0.5, 0.6) is 17.2 Å². The summed E-state index contributed by atoms with van der Waals surface area (Å²) in [6.07, 6.45) is 4.29. The maximum Gasteiger partial charge on any atom is 0.180 e. The van der Waals surface area contributed by atoms with Gasteiger partial charge >= 0.3 is 0 Å². The number of ether oxygens (including phenoxy) is 2. The lowest BCUT2D eigenvalue weighted by atomic mass is 10.0. The van der Waals surface area contributed by atoms with E-state index < -0.39 is 0 Å². The maximum atomic E-state index is 6.00. The molecule has 1 aliphatic rings. The summed E-state index contributed by atoms with van der Waals surface area (Å²) in [4.78, 5) is 6.92. The Bertz CT molecular complexity index is 1220. The summed E-state index contributed by atoms with van der Waals surface area (Å²) in [6, 6.07) is 9.59. The van der Waals surface area contributed by atoms with Gasteiger partial charge in [0.1, 0.15) is 23.6 Å². The number of benzene rings is 1. The highest BCUT2D eigenvalue weighted by atomic mass is 16.5. The molecule has 3 aromatic heterocycles. The third kappa shape index (κ3) is 3.20. The largest absolute Gasteiger partial charge is 0.497 e. The van der Waals surface area contributed by atoms with E-state index >= 15 is 0 Å². The van der Waals surface area contributed by atoms with Gasteiger partial charge in [-0.25, -0.2) is 0 Å². The minimum absolute atomic E-state index is 0.718. The van der Waals surface area contributed by atoms with E-state index in [0.717, 1.165) is 70.6 Å². The molecule has 0 spiro atoms. The first kappa shape index (κ1) is 18.4. The molecule has 0 saturated heterocycles. The molecule has 1 aromatic carbocycles. The number of hydrogen-bond acceptors (Lipinski definition) is 7. The van der Waals surface area contributed by atoms with E-state index in [1.165, 1.54) is 0 Å². The molecule has 0 aliphatic carbocycles. The second kappa shape index (κ2) is 7.29. The van der Waals surface area contributed by atoms with E-state index in [1.54, 1.807) is 24.1 Å². The number of pyridine rings is 1. The number of aryl methyl sites for hydroxylation is 1. The Morgan fingerprint density at radius 3 is 2.60 bits per heavy atom. The van der Waals surface area contributed by atoms with Crippen LogP contribution in [0.25, 0.3) is 5.65 Å². The van der Waals surface area contributed by atoms with Crippen molar-refractivity contribution in [1.29, 1.82) is 0 Å². The van der Waals surface area contributed by atoms with Gasteiger partial charge in [0.15, 0.2) is 11.5 Å². The average molecular weight is 402 g/mol. The Balaban J connectivity index is 1.42. The Morgan fingerprint density at radius 2 is 1.80 bits per heavy atom. The minimum Gasteiger partial charge on any atom is -0.497 e. The van der Waals surface area contributed by atoms with Crippen LogP contribution in [0.2, 0.25) is 0 Å². The van der Waals surface area contributed by atoms with Gasteiger partial charge in [-0.15, -0.1) is 15.3 Å². The average Bonchev–Trinajstić information content (AvgIpc) is 3.25. The van der Waals surface area contributed by atoms with Crippen LogP contribution in [0.1, 0.15) is 22.4 Å². The van der Waals surface area contributed by atoms with Crippen molar-refractivity contribution in [3.05, 3.63) is 65.2 Å². The fourth-order valence-corrected chi connectivity index (χ4v) is 3.78. The molecule has 0 fully saturated rings. The van der Waals surface area contributed by atoms with E-state index in [9.17, 15) is 0 Å². The summed E-state index contributed by atoms with van der Waals surface area (Å²) in [5.74, 6) is 3.21. The van der Waals surface area contributed by atoms with E-state index in [4.69, 9.17) is 14.6 Å². The fourth-order valence-electron chi connectivity index (χ4n) is 3.78. The summed E-state index contributed by atoms with van der Waals surface area (Å²) >= 11 is 0. The van der Waals surface area contributed by atoms with Crippen LogP contribution in [-0.4, -0.2) is 38.4 Å². The van der Waals surface area contributed by atoms with Gasteiger partial charge in [0, 0.05) is 36.3 Å². The van der Waals surface area contributed by atoms with Gasteiger partial charge in [-0.1, -0.05) is 0 Å². The molecular weight excluding hydrogens is 380 g/mol. The quantitative estimate of drug-likeness (QED) is 0.517. The number of fused-ring (bicyclic) bond motifs is 2. The Labute approximate surface area is 174 Å². The van der Waals surface area contributed by atoms with Gasteiger partial charge in [-0.05, 0) is 49.7 Å². The summed E-state index contributed by atoms with van der Waals surface area (Å²) in [7, 11) is 1.65. The van der Waals surface area contributed by atoms with Crippen LogP contribution < -0.4 is 14.4 Å². The Morgan fingerprint density at radius 1 is 1.00 bits per heavy atom. The molecule has 1 aliphatic heterocycles. The molecule has 0 atom stereocenters. The molecular formula is C22H22N6O2. The van der Waals surface area contributed by atoms with Crippen LogP contribution in [0.3, 0.4) is 0 Å². The number of nitrogens with zero attached hydrogens (tertiary/aromatic N) is 6. The SMILES string of the molecule is COc1ccc(Oc2cnc3c(c2)CN(c2nn4cnnc4c(C)c2C)CC3)cc1. The molecule has 8 nitrogen and oxygen atoms in total. The molecule has 4 aromatic rings. The summed E-state index contributed by atoms with van der Waals surface area (Å²) in [5, 5.41) is 12.9. The summed E-state index contributed by atoms with van der Waals surface area (Å²) in [6.45, 7) is 5.73. The van der Waals surface area contributed by atoms with Crippen molar-refractivity contribution in [2.75, 3.05) is 18.6 Å². The lowest BCUT2D eigenvalue weighted by molar-refractivity contribution is 0.412. The van der Waals surface area contributed by atoms with Crippen molar-refractivity contribution in [2.45, 2.75) is 26.8 Å². The first-order chi connectivity index (χ1) is 14.6. The highest BCUT2D eigenvalue weighted by Crippen LogP contribution is 2.30. The second-order valence-corrected chi connectivity index (χ2v) is 7.40. The van der Waals surface area contributed by atoms with Crippen molar-refractivity contribution in [3.63, 3.8) is 0 Å². The van der Waals surface area contributed by atoms with Crippen molar-refractivity contribution < 1.29 is 9.47 Å². The van der Waals surface area contributed by atoms with Gasteiger partial charge in [0.2, 0.25) is 0 Å². The van der Waals surface area contributed by atoms with Crippen molar-refractivity contribution in [3.8, 4) is 17.2 Å². The molecule has 0 amide bonds. The highest BCUT2D eigenvalue weighted by Gasteiger charge is 2.22. The van der Waals surface area contributed by atoms with E-state index in [1.807, 2.05) is 24.3 Å². The third-order valence-electron chi connectivity index (χ3n) is 5.58. The summed E-state index contributed by atoms with van der Waals surface area (Å²) < 4.78 is 12.9. The molecule has 5 rings (SSSR count). The minimum atomic E-state index is 0.718. The standard InChI is InChI=1S/C22H22N6O2/c1-14-15(2)22(26-28-13-24-25-21(14)28)27-9-8-20-16(12-27)10-19(11-23-20)30-18-6-4-17(29-3)5-7-18/h4-7,10-11,13H,8-9,12H2,1-3H3. The molecule has 0 N–H and O–H groups in total. The van der Waals surface area contributed by atoms with Crippen LogP contribution in [0.15, 0.2) is 42.9 Å². The zero-order valence-electron chi connectivity index (χ0n) is 17.2. The lowest BCUT2D eigenvalue weighted by Gasteiger charge is -2.30. The van der Waals surface area contributed by atoms with Gasteiger partial charge < -0.3 is 14.4 Å². The van der Waals surface area contributed by atoms with E-state index in [2.05, 4.69) is 40.0 Å². The van der Waals surface area contributed by atoms with E-state index in [-0.39, 0.29) is 0 Å². The zero-order valence-corrected chi connectivity index (χ0v) is 17.2. The van der Waals surface area contributed by atoms with Gasteiger partial charge in [0.25, 0.3) is 0 Å². The first-order valence-electron chi connectivity index (χ1n) is 9.84. The second-order valence-electron chi connectivity index (χ2n) is 7.40. The van der Waals surface area contributed by atoms with Crippen molar-refractivity contribution in [2.24, 2.45) is 0 Å². The van der Waals surface area contributed by atoms with Crippen LogP contribution in [-0.2, 0) is 13.0 Å². The predicted octanol–water partition coefficient (Wildman–Crippen LogP) is 3.50. The van der Waals surface area contributed by atoms with Gasteiger partial charge in [0.05, 0.1) is 13.3 Å². The lowest BCUT2D eigenvalue weighted by Crippen LogP contribution is -2.32. The van der Waals surface area contributed by atoms with Crippen LogP contribution >= 0.6 is 0 Å².